The van der Waals surface area contributed by atoms with E-state index in [2.05, 4.69) is 38.9 Å². The number of hydrogen-bond donors (Lipinski definition) is 1. The zero-order chi connectivity index (χ0) is 12.4. The number of aromatic nitrogens is 2. The Morgan fingerprint density at radius 1 is 1.21 bits per heavy atom. The summed E-state index contributed by atoms with van der Waals surface area (Å²) in [5.74, 6) is 3.22. The highest BCUT2D eigenvalue weighted by atomic mass is 32.1. The molecule has 5 rings (SSSR count). The van der Waals surface area contributed by atoms with Gasteiger partial charge in [-0.1, -0.05) is 24.3 Å². The fourth-order valence-corrected chi connectivity index (χ4v) is 4.18. The summed E-state index contributed by atoms with van der Waals surface area (Å²) in [7, 11) is 0. The van der Waals surface area contributed by atoms with Gasteiger partial charge in [0.05, 0.1) is 0 Å². The van der Waals surface area contributed by atoms with Crippen LogP contribution in [0.3, 0.4) is 0 Å². The third-order valence-electron chi connectivity index (χ3n) is 4.71. The van der Waals surface area contributed by atoms with E-state index >= 15 is 0 Å². The van der Waals surface area contributed by atoms with Gasteiger partial charge in [-0.3, -0.25) is 0 Å². The highest BCUT2D eigenvalue weighted by Gasteiger charge is 2.55. The number of benzene rings is 1. The smallest absolute Gasteiger partial charge is 0.202 e. The molecule has 1 heterocycles. The highest BCUT2D eigenvalue weighted by molar-refractivity contribution is 7.09. The molecule has 0 bridgehead atoms. The van der Waals surface area contributed by atoms with E-state index in [1.807, 2.05) is 0 Å². The van der Waals surface area contributed by atoms with Gasteiger partial charge in [0.2, 0.25) is 5.13 Å². The molecular formula is C15H15N3S. The quantitative estimate of drug-likeness (QED) is 0.930. The first kappa shape index (κ1) is 10.4. The van der Waals surface area contributed by atoms with Crippen LogP contribution in [0.25, 0.3) is 0 Å². The lowest BCUT2D eigenvalue weighted by atomic mass is 10.1. The average Bonchev–Trinajstić information content (AvgIpc) is 3.29. The molecule has 3 atom stereocenters. The number of anilines is 1. The van der Waals surface area contributed by atoms with E-state index in [0.717, 1.165) is 16.9 Å². The van der Waals surface area contributed by atoms with Crippen LogP contribution in [0.1, 0.15) is 41.6 Å². The van der Waals surface area contributed by atoms with Gasteiger partial charge in [-0.15, -0.1) is 0 Å². The van der Waals surface area contributed by atoms with Crippen molar-refractivity contribution < 1.29 is 0 Å². The predicted molar refractivity (Wildman–Crippen MR) is 75.7 cm³/mol. The molecule has 3 aliphatic rings. The highest BCUT2D eigenvalue weighted by Crippen LogP contribution is 2.57. The van der Waals surface area contributed by atoms with E-state index in [-0.39, 0.29) is 0 Å². The van der Waals surface area contributed by atoms with Gasteiger partial charge in [0.15, 0.2) is 0 Å². The lowest BCUT2D eigenvalue weighted by molar-refractivity contribution is 0.822. The van der Waals surface area contributed by atoms with E-state index in [1.54, 1.807) is 11.1 Å². The summed E-state index contributed by atoms with van der Waals surface area (Å²) in [6, 6.07) is 9.47. The molecule has 4 heteroatoms. The second kappa shape index (κ2) is 3.57. The minimum Gasteiger partial charge on any atom is -0.357 e. The predicted octanol–water partition coefficient (Wildman–Crippen LogP) is 3.17. The summed E-state index contributed by atoms with van der Waals surface area (Å²) in [5, 5.41) is 4.63. The Morgan fingerprint density at radius 3 is 3.00 bits per heavy atom. The van der Waals surface area contributed by atoms with Gasteiger partial charge < -0.3 is 5.32 Å². The maximum Gasteiger partial charge on any atom is 0.202 e. The van der Waals surface area contributed by atoms with E-state index in [4.69, 9.17) is 0 Å². The first-order valence-corrected chi connectivity index (χ1v) is 7.85. The first-order chi connectivity index (χ1) is 9.40. The molecule has 96 valence electrons. The van der Waals surface area contributed by atoms with Crippen molar-refractivity contribution in [3.8, 4) is 0 Å². The Hall–Kier alpha value is -1.42. The maximum atomic E-state index is 4.63. The molecule has 0 radical (unpaired) electrons. The second-order valence-electron chi connectivity index (χ2n) is 5.99. The van der Waals surface area contributed by atoms with Crippen LogP contribution in [0.5, 0.6) is 0 Å². The van der Waals surface area contributed by atoms with E-state index in [9.17, 15) is 0 Å². The standard InChI is InChI=1S/C15H15N3S/c1-2-4-10-9(3-1)7-11-12(10)13(11)16-15-17-14(18-19-15)8-5-6-8/h1-4,8,11-13H,5-7H2,(H,16,17,18). The van der Waals surface area contributed by atoms with Crippen molar-refractivity contribution in [1.82, 2.24) is 9.36 Å². The van der Waals surface area contributed by atoms with Crippen molar-refractivity contribution >= 4 is 16.7 Å². The van der Waals surface area contributed by atoms with E-state index in [0.29, 0.717) is 17.9 Å². The van der Waals surface area contributed by atoms with Gasteiger partial charge in [0, 0.05) is 29.4 Å². The van der Waals surface area contributed by atoms with Gasteiger partial charge in [0.1, 0.15) is 5.82 Å². The average molecular weight is 269 g/mol. The number of nitrogens with one attached hydrogen (secondary N) is 1. The van der Waals surface area contributed by atoms with Crippen LogP contribution in [-0.4, -0.2) is 15.4 Å². The minimum atomic E-state index is 0.593. The topological polar surface area (TPSA) is 37.8 Å². The molecule has 3 nitrogen and oxygen atoms in total. The molecule has 1 aromatic heterocycles. The minimum absolute atomic E-state index is 0.593. The Labute approximate surface area is 116 Å². The Balaban J connectivity index is 1.34. The third-order valence-corrected chi connectivity index (χ3v) is 5.37. The van der Waals surface area contributed by atoms with Crippen molar-refractivity contribution in [2.75, 3.05) is 5.32 Å². The van der Waals surface area contributed by atoms with Crippen LogP contribution in [-0.2, 0) is 6.42 Å². The van der Waals surface area contributed by atoms with Gasteiger partial charge in [-0.2, -0.15) is 4.37 Å². The van der Waals surface area contributed by atoms with Gasteiger partial charge in [0.25, 0.3) is 0 Å². The first-order valence-electron chi connectivity index (χ1n) is 7.08. The van der Waals surface area contributed by atoms with Gasteiger partial charge >= 0.3 is 0 Å². The molecule has 1 N–H and O–H groups in total. The van der Waals surface area contributed by atoms with Crippen molar-refractivity contribution in [3.05, 3.63) is 41.2 Å². The summed E-state index contributed by atoms with van der Waals surface area (Å²) >= 11 is 1.53. The van der Waals surface area contributed by atoms with Crippen LogP contribution >= 0.6 is 11.5 Å². The zero-order valence-corrected chi connectivity index (χ0v) is 11.4. The molecule has 19 heavy (non-hydrogen) atoms. The van der Waals surface area contributed by atoms with E-state index < -0.39 is 0 Å². The number of nitrogens with zero attached hydrogens (tertiary/aromatic N) is 2. The fraction of sp³-hybridized carbons (Fsp3) is 0.467. The molecule has 3 unspecified atom stereocenters. The van der Waals surface area contributed by atoms with Crippen molar-refractivity contribution in [2.45, 2.75) is 37.1 Å². The maximum absolute atomic E-state index is 4.63. The van der Waals surface area contributed by atoms with Gasteiger partial charge in [-0.25, -0.2) is 4.98 Å². The van der Waals surface area contributed by atoms with Crippen LogP contribution in [0.15, 0.2) is 24.3 Å². The molecule has 2 fully saturated rings. The van der Waals surface area contributed by atoms with Crippen molar-refractivity contribution in [2.24, 2.45) is 5.92 Å². The molecule has 0 aliphatic heterocycles. The Kier molecular flexibility index (Phi) is 1.95. The lowest BCUT2D eigenvalue weighted by Crippen LogP contribution is -2.09. The molecule has 0 spiro atoms. The van der Waals surface area contributed by atoms with Crippen molar-refractivity contribution in [3.63, 3.8) is 0 Å². The van der Waals surface area contributed by atoms with E-state index in [1.165, 1.54) is 30.8 Å². The molecular weight excluding hydrogens is 254 g/mol. The summed E-state index contributed by atoms with van der Waals surface area (Å²) in [4.78, 5) is 4.63. The molecule has 0 saturated heterocycles. The number of hydrogen-bond acceptors (Lipinski definition) is 4. The van der Waals surface area contributed by atoms with Crippen LogP contribution in [0, 0.1) is 5.92 Å². The Morgan fingerprint density at radius 2 is 2.11 bits per heavy atom. The lowest BCUT2D eigenvalue weighted by Gasteiger charge is -2.07. The molecule has 2 aromatic rings. The Bertz CT molecular complexity index is 646. The summed E-state index contributed by atoms with van der Waals surface area (Å²) in [6.45, 7) is 0. The largest absolute Gasteiger partial charge is 0.357 e. The molecule has 0 amide bonds. The SMILES string of the molecule is c1ccc2c(c1)CC1C(Nc3nc(C4CC4)ns3)C21. The van der Waals surface area contributed by atoms with Gasteiger partial charge in [-0.05, 0) is 36.3 Å². The molecule has 1 aromatic carbocycles. The fourth-order valence-electron chi connectivity index (χ4n) is 3.49. The van der Waals surface area contributed by atoms with Crippen LogP contribution in [0.2, 0.25) is 0 Å². The molecule has 2 saturated carbocycles. The summed E-state index contributed by atoms with van der Waals surface area (Å²) in [5.41, 5.74) is 3.10. The second-order valence-corrected chi connectivity index (χ2v) is 6.75. The number of fused-ring (bicyclic) bond motifs is 3. The summed E-state index contributed by atoms with van der Waals surface area (Å²) in [6.07, 6.45) is 3.78. The normalized spacial score (nSPS) is 30.8. The van der Waals surface area contributed by atoms with Crippen molar-refractivity contribution in [1.29, 1.82) is 0 Å². The summed E-state index contributed by atoms with van der Waals surface area (Å²) < 4.78 is 4.47. The zero-order valence-electron chi connectivity index (χ0n) is 10.5. The number of rotatable bonds is 3. The van der Waals surface area contributed by atoms with Crippen LogP contribution in [0.4, 0.5) is 5.13 Å². The molecule has 3 aliphatic carbocycles. The monoisotopic (exact) mass is 269 g/mol. The van der Waals surface area contributed by atoms with Crippen LogP contribution < -0.4 is 5.32 Å². The third kappa shape index (κ3) is 1.56.